The van der Waals surface area contributed by atoms with Crippen LogP contribution in [0.25, 0.3) is 0 Å². The number of hydrogen-bond acceptors (Lipinski definition) is 6. The molecule has 2 heterocycles. The SMILES string of the molecule is O=C(NCCS(=O)(=O)N1CCN(c2ncccn2)CC1)C1CCCCC1. The minimum absolute atomic E-state index is 0.00551. The Morgan fingerprint density at radius 2 is 1.73 bits per heavy atom. The molecule has 0 radical (unpaired) electrons. The maximum absolute atomic E-state index is 12.5. The number of aromatic nitrogens is 2. The van der Waals surface area contributed by atoms with Gasteiger partial charge in [-0.2, -0.15) is 4.31 Å². The van der Waals surface area contributed by atoms with Gasteiger partial charge in [0, 0.05) is 51.0 Å². The molecule has 1 saturated heterocycles. The van der Waals surface area contributed by atoms with Crippen LogP contribution in [0, 0.1) is 5.92 Å². The Kier molecular flexibility index (Phi) is 6.42. The Hall–Kier alpha value is -1.74. The van der Waals surface area contributed by atoms with E-state index in [1.54, 1.807) is 18.5 Å². The molecule has 26 heavy (non-hydrogen) atoms. The summed E-state index contributed by atoms with van der Waals surface area (Å²) in [7, 11) is -3.36. The summed E-state index contributed by atoms with van der Waals surface area (Å²) in [4.78, 5) is 22.5. The fourth-order valence-corrected chi connectivity index (χ4v) is 4.90. The van der Waals surface area contributed by atoms with Crippen LogP contribution in [0.3, 0.4) is 0 Å². The number of piperazine rings is 1. The Morgan fingerprint density at radius 1 is 1.08 bits per heavy atom. The second kappa shape index (κ2) is 8.77. The van der Waals surface area contributed by atoms with E-state index in [0.717, 1.165) is 25.7 Å². The van der Waals surface area contributed by atoms with Crippen molar-refractivity contribution in [2.24, 2.45) is 5.92 Å². The van der Waals surface area contributed by atoms with E-state index < -0.39 is 10.0 Å². The molecule has 1 aliphatic heterocycles. The highest BCUT2D eigenvalue weighted by Crippen LogP contribution is 2.23. The lowest BCUT2D eigenvalue weighted by molar-refractivity contribution is -0.125. The highest BCUT2D eigenvalue weighted by atomic mass is 32.2. The van der Waals surface area contributed by atoms with Gasteiger partial charge < -0.3 is 10.2 Å². The maximum atomic E-state index is 12.5. The number of carbonyl (C=O) groups excluding carboxylic acids is 1. The molecule has 1 aliphatic carbocycles. The summed E-state index contributed by atoms with van der Waals surface area (Å²) in [5, 5.41) is 2.81. The third kappa shape index (κ3) is 4.91. The third-order valence-corrected chi connectivity index (χ3v) is 6.97. The minimum atomic E-state index is -3.36. The smallest absolute Gasteiger partial charge is 0.225 e. The summed E-state index contributed by atoms with van der Waals surface area (Å²) >= 11 is 0. The molecule has 1 N–H and O–H groups in total. The van der Waals surface area contributed by atoms with E-state index in [9.17, 15) is 13.2 Å². The zero-order valence-electron chi connectivity index (χ0n) is 15.0. The van der Waals surface area contributed by atoms with Crippen molar-refractivity contribution in [3.8, 4) is 0 Å². The molecular weight excluding hydrogens is 354 g/mol. The predicted molar refractivity (Wildman–Crippen MR) is 99.2 cm³/mol. The van der Waals surface area contributed by atoms with Gasteiger partial charge in [0.2, 0.25) is 21.9 Å². The van der Waals surface area contributed by atoms with E-state index in [4.69, 9.17) is 0 Å². The Balaban J connectivity index is 1.43. The van der Waals surface area contributed by atoms with Gasteiger partial charge in [0.25, 0.3) is 0 Å². The van der Waals surface area contributed by atoms with E-state index in [1.807, 2.05) is 4.90 Å². The number of nitrogens with zero attached hydrogens (tertiary/aromatic N) is 4. The first kappa shape index (κ1) is 19.0. The number of anilines is 1. The van der Waals surface area contributed by atoms with Crippen LogP contribution < -0.4 is 10.2 Å². The highest BCUT2D eigenvalue weighted by Gasteiger charge is 2.28. The predicted octanol–water partition coefficient (Wildman–Crippen LogP) is 0.625. The molecule has 1 aromatic rings. The van der Waals surface area contributed by atoms with E-state index in [-0.39, 0.29) is 24.1 Å². The van der Waals surface area contributed by atoms with Crippen LogP contribution >= 0.6 is 0 Å². The molecule has 1 saturated carbocycles. The third-order valence-electron chi connectivity index (χ3n) is 5.10. The summed E-state index contributed by atoms with van der Waals surface area (Å²) in [6.07, 6.45) is 8.57. The molecule has 0 aromatic carbocycles. The van der Waals surface area contributed by atoms with E-state index in [1.165, 1.54) is 10.7 Å². The Morgan fingerprint density at radius 3 is 2.38 bits per heavy atom. The Labute approximate surface area is 155 Å². The molecule has 1 aromatic heterocycles. The van der Waals surface area contributed by atoms with Crippen LogP contribution in [-0.4, -0.2) is 67.1 Å². The quantitative estimate of drug-likeness (QED) is 0.776. The molecule has 8 nitrogen and oxygen atoms in total. The van der Waals surface area contributed by atoms with Crippen molar-refractivity contribution in [3.05, 3.63) is 18.5 Å². The van der Waals surface area contributed by atoms with Gasteiger partial charge in [-0.1, -0.05) is 19.3 Å². The first-order valence-corrected chi connectivity index (χ1v) is 10.9. The fourth-order valence-electron chi connectivity index (χ4n) is 3.56. The normalized spacial score (nSPS) is 20.1. The lowest BCUT2D eigenvalue weighted by atomic mass is 9.89. The van der Waals surface area contributed by atoms with Gasteiger partial charge in [-0.15, -0.1) is 0 Å². The number of carbonyl (C=O) groups is 1. The zero-order chi connectivity index (χ0) is 18.4. The fraction of sp³-hybridized carbons (Fsp3) is 0.706. The van der Waals surface area contributed by atoms with E-state index in [0.29, 0.717) is 32.1 Å². The van der Waals surface area contributed by atoms with Crippen molar-refractivity contribution in [2.45, 2.75) is 32.1 Å². The Bertz CT molecular complexity index is 684. The molecule has 2 fully saturated rings. The van der Waals surface area contributed by atoms with Gasteiger partial charge in [-0.05, 0) is 18.9 Å². The number of amides is 1. The van der Waals surface area contributed by atoms with Gasteiger partial charge in [-0.25, -0.2) is 18.4 Å². The minimum Gasteiger partial charge on any atom is -0.355 e. The first-order valence-electron chi connectivity index (χ1n) is 9.34. The first-order chi connectivity index (χ1) is 12.6. The molecular formula is C17H27N5O3S. The van der Waals surface area contributed by atoms with E-state index >= 15 is 0 Å². The lowest BCUT2D eigenvalue weighted by Gasteiger charge is -2.33. The van der Waals surface area contributed by atoms with Crippen LogP contribution in [0.5, 0.6) is 0 Å². The highest BCUT2D eigenvalue weighted by molar-refractivity contribution is 7.89. The molecule has 0 spiro atoms. The summed E-state index contributed by atoms with van der Waals surface area (Å²) in [6.45, 7) is 2.14. The van der Waals surface area contributed by atoms with Gasteiger partial charge in [-0.3, -0.25) is 4.79 Å². The molecule has 1 amide bonds. The van der Waals surface area contributed by atoms with Crippen molar-refractivity contribution in [2.75, 3.05) is 43.4 Å². The van der Waals surface area contributed by atoms with Crippen molar-refractivity contribution in [3.63, 3.8) is 0 Å². The lowest BCUT2D eigenvalue weighted by Crippen LogP contribution is -2.50. The maximum Gasteiger partial charge on any atom is 0.225 e. The van der Waals surface area contributed by atoms with Crippen LogP contribution in [0.15, 0.2) is 18.5 Å². The van der Waals surface area contributed by atoms with Crippen molar-refractivity contribution in [1.82, 2.24) is 19.6 Å². The second-order valence-corrected chi connectivity index (χ2v) is 8.97. The molecule has 2 aliphatic rings. The van der Waals surface area contributed by atoms with Crippen molar-refractivity contribution >= 4 is 21.9 Å². The second-order valence-electron chi connectivity index (χ2n) is 6.88. The number of hydrogen-bond donors (Lipinski definition) is 1. The summed E-state index contributed by atoms with van der Waals surface area (Å²) in [6, 6.07) is 1.76. The van der Waals surface area contributed by atoms with Crippen LogP contribution in [-0.2, 0) is 14.8 Å². The monoisotopic (exact) mass is 381 g/mol. The summed E-state index contributed by atoms with van der Waals surface area (Å²) in [5.41, 5.74) is 0. The standard InChI is InChI=1S/C17H27N5O3S/c23-16(15-5-2-1-3-6-15)18-9-14-26(24,25)22-12-10-21(11-13-22)17-19-7-4-8-20-17/h4,7-8,15H,1-3,5-6,9-14H2,(H,18,23). The molecule has 144 valence electrons. The average molecular weight is 382 g/mol. The van der Waals surface area contributed by atoms with Gasteiger partial charge in [0.15, 0.2) is 0 Å². The molecule has 3 rings (SSSR count). The summed E-state index contributed by atoms with van der Waals surface area (Å²) in [5.74, 6) is 0.643. The van der Waals surface area contributed by atoms with E-state index in [2.05, 4.69) is 15.3 Å². The van der Waals surface area contributed by atoms with Gasteiger partial charge in [0.1, 0.15) is 0 Å². The topological polar surface area (TPSA) is 95.5 Å². The van der Waals surface area contributed by atoms with Gasteiger partial charge >= 0.3 is 0 Å². The summed E-state index contributed by atoms with van der Waals surface area (Å²) < 4.78 is 26.5. The molecule has 0 bridgehead atoms. The van der Waals surface area contributed by atoms with Crippen molar-refractivity contribution < 1.29 is 13.2 Å². The molecule has 0 atom stereocenters. The number of nitrogens with one attached hydrogen (secondary N) is 1. The van der Waals surface area contributed by atoms with Crippen LogP contribution in [0.1, 0.15) is 32.1 Å². The zero-order valence-corrected chi connectivity index (χ0v) is 15.8. The largest absolute Gasteiger partial charge is 0.355 e. The van der Waals surface area contributed by atoms with Crippen LogP contribution in [0.2, 0.25) is 0 Å². The molecule has 9 heteroatoms. The number of sulfonamides is 1. The van der Waals surface area contributed by atoms with Crippen molar-refractivity contribution in [1.29, 1.82) is 0 Å². The molecule has 0 unspecified atom stereocenters. The average Bonchev–Trinajstić information content (AvgIpc) is 2.69. The number of rotatable bonds is 6. The van der Waals surface area contributed by atoms with Crippen LogP contribution in [0.4, 0.5) is 5.95 Å². The van der Waals surface area contributed by atoms with Gasteiger partial charge in [0.05, 0.1) is 5.75 Å².